The van der Waals surface area contributed by atoms with E-state index in [0.717, 1.165) is 22.3 Å². The molecule has 174 valence electrons. The standard InChI is InChI=1S/C27H33NO3SSi/c1-21-12-18-25(19-13-21)32(29,30)28-20-26(31-33(5,6)27(2,3)4)24-16-14-23(15-17-24)22-10-8-7-9-11-22/h7-20,28H,1-6H3/b26-20-. The molecular formula is C27H33NO3SSi. The quantitative estimate of drug-likeness (QED) is 0.294. The van der Waals surface area contributed by atoms with E-state index in [9.17, 15) is 8.42 Å². The largest absolute Gasteiger partial charge is 0.542 e. The predicted molar refractivity (Wildman–Crippen MR) is 140 cm³/mol. The lowest BCUT2D eigenvalue weighted by atomic mass is 10.0. The van der Waals surface area contributed by atoms with Gasteiger partial charge in [0.25, 0.3) is 18.3 Å². The summed E-state index contributed by atoms with van der Waals surface area (Å²) in [7, 11) is -5.93. The summed E-state index contributed by atoms with van der Waals surface area (Å²) < 4.78 is 34.9. The van der Waals surface area contributed by atoms with Gasteiger partial charge in [-0.15, -0.1) is 0 Å². The fourth-order valence-electron chi connectivity index (χ4n) is 2.97. The lowest BCUT2D eigenvalue weighted by Gasteiger charge is -2.37. The van der Waals surface area contributed by atoms with E-state index in [0.29, 0.717) is 5.76 Å². The first kappa shape index (κ1) is 24.8. The molecule has 4 nitrogen and oxygen atoms in total. The summed E-state index contributed by atoms with van der Waals surface area (Å²) in [6.45, 7) is 12.7. The molecule has 0 radical (unpaired) electrons. The van der Waals surface area contributed by atoms with E-state index in [2.05, 4.69) is 50.7 Å². The SMILES string of the molecule is Cc1ccc(S(=O)(=O)N/C=C(\O[Si](C)(C)C(C)(C)C)c2ccc(-c3ccccc3)cc2)cc1. The zero-order valence-corrected chi connectivity index (χ0v) is 22.0. The Hall–Kier alpha value is -2.83. The molecule has 0 aliphatic rings. The van der Waals surface area contributed by atoms with Crippen LogP contribution in [0.4, 0.5) is 0 Å². The topological polar surface area (TPSA) is 55.4 Å². The van der Waals surface area contributed by atoms with E-state index >= 15 is 0 Å². The van der Waals surface area contributed by atoms with Gasteiger partial charge in [-0.05, 0) is 48.3 Å². The van der Waals surface area contributed by atoms with Crippen molar-refractivity contribution in [2.75, 3.05) is 0 Å². The van der Waals surface area contributed by atoms with E-state index in [1.165, 1.54) is 6.20 Å². The second kappa shape index (κ2) is 9.57. The molecule has 0 spiro atoms. The lowest BCUT2D eigenvalue weighted by Crippen LogP contribution is -2.40. The van der Waals surface area contributed by atoms with Gasteiger partial charge >= 0.3 is 0 Å². The summed E-state index contributed by atoms with van der Waals surface area (Å²) in [5.74, 6) is 0.525. The Kier molecular flexibility index (Phi) is 7.19. The zero-order valence-electron chi connectivity index (χ0n) is 20.2. The predicted octanol–water partition coefficient (Wildman–Crippen LogP) is 6.96. The Morgan fingerprint density at radius 3 is 1.94 bits per heavy atom. The second-order valence-electron chi connectivity index (χ2n) is 9.75. The van der Waals surface area contributed by atoms with Crippen molar-refractivity contribution in [3.63, 3.8) is 0 Å². The lowest BCUT2D eigenvalue weighted by molar-refractivity contribution is 0.456. The molecule has 33 heavy (non-hydrogen) atoms. The summed E-state index contributed by atoms with van der Waals surface area (Å²) in [5, 5.41) is -0.0358. The Bertz CT molecular complexity index is 1210. The average molecular weight is 480 g/mol. The molecule has 0 aliphatic carbocycles. The first-order valence-electron chi connectivity index (χ1n) is 11.0. The number of benzene rings is 3. The highest BCUT2D eigenvalue weighted by molar-refractivity contribution is 7.89. The number of hydrogen-bond donors (Lipinski definition) is 1. The molecule has 6 heteroatoms. The number of nitrogens with one attached hydrogen (secondary N) is 1. The summed E-state index contributed by atoms with van der Waals surface area (Å²) in [6, 6.07) is 24.9. The molecular weight excluding hydrogens is 446 g/mol. The van der Waals surface area contributed by atoms with E-state index in [4.69, 9.17) is 4.43 Å². The van der Waals surface area contributed by atoms with Crippen LogP contribution in [0.25, 0.3) is 16.9 Å². The molecule has 0 bridgehead atoms. The summed E-state index contributed by atoms with van der Waals surface area (Å²) in [6.07, 6.45) is 1.48. The fraction of sp³-hybridized carbons (Fsp3) is 0.259. The van der Waals surface area contributed by atoms with Crippen molar-refractivity contribution in [1.29, 1.82) is 0 Å². The van der Waals surface area contributed by atoms with Crippen molar-refractivity contribution in [2.45, 2.75) is 50.7 Å². The summed E-state index contributed by atoms with van der Waals surface area (Å²) >= 11 is 0. The fourth-order valence-corrected chi connectivity index (χ4v) is 4.90. The van der Waals surface area contributed by atoms with Gasteiger partial charge in [-0.1, -0.05) is 93.1 Å². The van der Waals surface area contributed by atoms with Crippen LogP contribution in [0.15, 0.2) is 90.0 Å². The van der Waals surface area contributed by atoms with Crippen LogP contribution in [-0.4, -0.2) is 16.7 Å². The van der Waals surface area contributed by atoms with E-state index in [1.807, 2.05) is 49.4 Å². The molecule has 0 aliphatic heterocycles. The van der Waals surface area contributed by atoms with Crippen LogP contribution in [0, 0.1) is 6.92 Å². The van der Waals surface area contributed by atoms with Crippen molar-refractivity contribution >= 4 is 24.1 Å². The number of sulfonamides is 1. The zero-order chi connectivity index (χ0) is 24.3. The van der Waals surface area contributed by atoms with Gasteiger partial charge in [-0.2, -0.15) is 0 Å². The van der Waals surface area contributed by atoms with E-state index in [-0.39, 0.29) is 9.93 Å². The highest BCUT2D eigenvalue weighted by atomic mass is 32.2. The van der Waals surface area contributed by atoms with E-state index < -0.39 is 18.3 Å². The molecule has 0 unspecified atom stereocenters. The maximum Gasteiger partial charge on any atom is 0.261 e. The first-order chi connectivity index (χ1) is 15.4. The number of hydrogen-bond acceptors (Lipinski definition) is 3. The molecule has 0 fully saturated rings. The van der Waals surface area contributed by atoms with Crippen molar-refractivity contribution in [3.05, 3.63) is 96.2 Å². The Labute approximate surface area is 199 Å². The summed E-state index contributed by atoms with van der Waals surface area (Å²) in [4.78, 5) is 0.218. The van der Waals surface area contributed by atoms with Gasteiger partial charge in [0.05, 0.1) is 11.1 Å². The molecule has 0 saturated carbocycles. The van der Waals surface area contributed by atoms with Gasteiger partial charge in [0.15, 0.2) is 0 Å². The molecule has 0 atom stereocenters. The minimum absolute atomic E-state index is 0.0358. The van der Waals surface area contributed by atoms with Crippen LogP contribution < -0.4 is 4.72 Å². The maximum atomic E-state index is 12.9. The van der Waals surface area contributed by atoms with Gasteiger partial charge in [0.1, 0.15) is 5.76 Å². The highest BCUT2D eigenvalue weighted by Gasteiger charge is 2.39. The van der Waals surface area contributed by atoms with Gasteiger partial charge in [0.2, 0.25) is 0 Å². The Balaban J connectivity index is 1.96. The van der Waals surface area contributed by atoms with Crippen molar-refractivity contribution < 1.29 is 12.8 Å². The normalized spacial score (nSPS) is 13.0. The Morgan fingerprint density at radius 1 is 0.848 bits per heavy atom. The van der Waals surface area contributed by atoms with Crippen LogP contribution in [-0.2, 0) is 14.4 Å². The molecule has 0 saturated heterocycles. The van der Waals surface area contributed by atoms with Gasteiger partial charge in [0, 0.05) is 5.56 Å². The molecule has 3 rings (SSSR count). The first-order valence-corrected chi connectivity index (χ1v) is 15.4. The molecule has 0 aromatic heterocycles. The van der Waals surface area contributed by atoms with Gasteiger partial charge in [-0.3, -0.25) is 4.72 Å². The van der Waals surface area contributed by atoms with Gasteiger partial charge < -0.3 is 4.43 Å². The van der Waals surface area contributed by atoms with Crippen molar-refractivity contribution in [1.82, 2.24) is 4.72 Å². The average Bonchev–Trinajstić information content (AvgIpc) is 2.77. The van der Waals surface area contributed by atoms with Crippen LogP contribution in [0.5, 0.6) is 0 Å². The molecule has 1 N–H and O–H groups in total. The van der Waals surface area contributed by atoms with Crippen LogP contribution >= 0.6 is 0 Å². The third-order valence-electron chi connectivity index (χ3n) is 6.12. The monoisotopic (exact) mass is 479 g/mol. The summed E-state index contributed by atoms with van der Waals surface area (Å²) in [5.41, 5.74) is 4.04. The molecule has 0 heterocycles. The number of rotatable bonds is 7. The Morgan fingerprint density at radius 2 is 1.39 bits per heavy atom. The van der Waals surface area contributed by atoms with E-state index in [1.54, 1.807) is 24.3 Å². The third-order valence-corrected chi connectivity index (χ3v) is 11.8. The van der Waals surface area contributed by atoms with Crippen LogP contribution in [0.3, 0.4) is 0 Å². The third kappa shape index (κ3) is 6.15. The van der Waals surface area contributed by atoms with Gasteiger partial charge in [-0.25, -0.2) is 8.42 Å². The van der Waals surface area contributed by atoms with Crippen LogP contribution in [0.2, 0.25) is 18.1 Å². The highest BCUT2D eigenvalue weighted by Crippen LogP contribution is 2.39. The minimum Gasteiger partial charge on any atom is -0.542 e. The van der Waals surface area contributed by atoms with Crippen LogP contribution in [0.1, 0.15) is 31.9 Å². The minimum atomic E-state index is -3.71. The second-order valence-corrected chi connectivity index (χ2v) is 16.2. The van der Waals surface area contributed by atoms with Crippen molar-refractivity contribution in [2.24, 2.45) is 0 Å². The van der Waals surface area contributed by atoms with Crippen molar-refractivity contribution in [3.8, 4) is 11.1 Å². The number of aryl methyl sites for hydroxylation is 1. The smallest absolute Gasteiger partial charge is 0.261 e. The molecule has 0 amide bonds. The molecule has 3 aromatic rings. The maximum absolute atomic E-state index is 12.9. The molecule has 3 aromatic carbocycles.